The van der Waals surface area contributed by atoms with Gasteiger partial charge in [-0.05, 0) is 29.4 Å². The molecule has 3 nitrogen and oxygen atoms in total. The Hall–Kier alpha value is -1.16. The molecule has 88 valence electrons. The van der Waals surface area contributed by atoms with Crippen LogP contribution in [0.3, 0.4) is 0 Å². The van der Waals surface area contributed by atoms with Gasteiger partial charge in [0.2, 0.25) is 0 Å². The number of benzene rings is 1. The van der Waals surface area contributed by atoms with E-state index in [0.717, 1.165) is 11.3 Å². The maximum atomic E-state index is 8.58. The van der Waals surface area contributed by atoms with Gasteiger partial charge in [0.15, 0.2) is 5.84 Å². The second-order valence-electron chi connectivity index (χ2n) is 3.99. The lowest BCUT2D eigenvalue weighted by atomic mass is 10.1. The van der Waals surface area contributed by atoms with Crippen molar-refractivity contribution < 1.29 is 5.21 Å². The number of nitrogens with zero attached hydrogens (tertiary/aromatic N) is 1. The molecule has 4 heteroatoms. The van der Waals surface area contributed by atoms with Crippen molar-refractivity contribution in [3.8, 4) is 0 Å². The second kappa shape index (κ2) is 5.80. The molecule has 0 aliphatic carbocycles. The number of thioether (sulfide) groups is 1. The smallest absolute Gasteiger partial charge is 0.170 e. The van der Waals surface area contributed by atoms with Gasteiger partial charge in [-0.2, -0.15) is 11.8 Å². The van der Waals surface area contributed by atoms with E-state index in [4.69, 9.17) is 10.9 Å². The van der Waals surface area contributed by atoms with Crippen LogP contribution in [0.2, 0.25) is 0 Å². The van der Waals surface area contributed by atoms with Crippen LogP contribution in [0.5, 0.6) is 0 Å². The Bertz CT molecular complexity index is 389. The lowest BCUT2D eigenvalue weighted by Gasteiger charge is -2.09. The molecule has 0 atom stereocenters. The summed E-state index contributed by atoms with van der Waals surface area (Å²) in [5, 5.41) is 12.2. The van der Waals surface area contributed by atoms with E-state index >= 15 is 0 Å². The lowest BCUT2D eigenvalue weighted by molar-refractivity contribution is 0.318. The Balaban J connectivity index is 2.83. The van der Waals surface area contributed by atoms with Gasteiger partial charge < -0.3 is 10.9 Å². The summed E-state index contributed by atoms with van der Waals surface area (Å²) in [5.41, 5.74) is 8.77. The molecule has 1 rings (SSSR count). The van der Waals surface area contributed by atoms with Gasteiger partial charge in [-0.3, -0.25) is 0 Å². The third kappa shape index (κ3) is 3.45. The Morgan fingerprint density at radius 1 is 1.50 bits per heavy atom. The highest BCUT2D eigenvalue weighted by molar-refractivity contribution is 7.99. The normalized spacial score (nSPS) is 12.1. The topological polar surface area (TPSA) is 58.6 Å². The standard InChI is InChI=1S/C12H18N2OS/c1-8(2)16-7-11-5-4-10(6-9(11)3)12(13)14-15/h4-6,8,15H,7H2,1-3H3,(H2,13,14). The van der Waals surface area contributed by atoms with Crippen LogP contribution in [0.25, 0.3) is 0 Å². The third-order valence-corrected chi connectivity index (χ3v) is 3.46. The minimum Gasteiger partial charge on any atom is -0.409 e. The quantitative estimate of drug-likeness (QED) is 0.367. The minimum atomic E-state index is 0.158. The monoisotopic (exact) mass is 238 g/mol. The molecule has 16 heavy (non-hydrogen) atoms. The SMILES string of the molecule is Cc1cc(/C(N)=N/O)ccc1CSC(C)C. The van der Waals surface area contributed by atoms with Crippen molar-refractivity contribution in [1.82, 2.24) is 0 Å². The van der Waals surface area contributed by atoms with Crippen LogP contribution in [-0.2, 0) is 5.75 Å². The Morgan fingerprint density at radius 2 is 2.19 bits per heavy atom. The Morgan fingerprint density at radius 3 is 2.69 bits per heavy atom. The van der Waals surface area contributed by atoms with E-state index in [1.807, 2.05) is 36.9 Å². The molecule has 0 saturated heterocycles. The fourth-order valence-corrected chi connectivity index (χ4v) is 2.17. The van der Waals surface area contributed by atoms with Crippen LogP contribution >= 0.6 is 11.8 Å². The van der Waals surface area contributed by atoms with Crippen LogP contribution in [0.1, 0.15) is 30.5 Å². The summed E-state index contributed by atoms with van der Waals surface area (Å²) in [6.45, 7) is 6.42. The van der Waals surface area contributed by atoms with Crippen molar-refractivity contribution in [3.05, 3.63) is 34.9 Å². The van der Waals surface area contributed by atoms with E-state index in [9.17, 15) is 0 Å². The fourth-order valence-electron chi connectivity index (χ4n) is 1.33. The molecule has 1 aromatic rings. The molecular weight excluding hydrogens is 220 g/mol. The molecule has 0 fully saturated rings. The van der Waals surface area contributed by atoms with E-state index in [1.54, 1.807) is 0 Å². The van der Waals surface area contributed by atoms with Gasteiger partial charge in [0.25, 0.3) is 0 Å². The van der Waals surface area contributed by atoms with Crippen LogP contribution in [0.15, 0.2) is 23.4 Å². The third-order valence-electron chi connectivity index (χ3n) is 2.32. The highest BCUT2D eigenvalue weighted by Crippen LogP contribution is 2.20. The summed E-state index contributed by atoms with van der Waals surface area (Å²) in [5.74, 6) is 1.16. The van der Waals surface area contributed by atoms with E-state index in [-0.39, 0.29) is 5.84 Å². The maximum Gasteiger partial charge on any atom is 0.170 e. The summed E-state index contributed by atoms with van der Waals surface area (Å²) in [7, 11) is 0. The Labute approximate surface area is 101 Å². The molecule has 0 spiro atoms. The van der Waals surface area contributed by atoms with Gasteiger partial charge >= 0.3 is 0 Å². The molecule has 0 aliphatic rings. The zero-order chi connectivity index (χ0) is 12.1. The average Bonchev–Trinajstić information content (AvgIpc) is 2.26. The first kappa shape index (κ1) is 12.9. The second-order valence-corrected chi connectivity index (χ2v) is 5.55. The molecule has 0 amide bonds. The van der Waals surface area contributed by atoms with Crippen molar-refractivity contribution in [2.24, 2.45) is 10.9 Å². The zero-order valence-corrected chi connectivity index (χ0v) is 10.7. The highest BCUT2D eigenvalue weighted by Gasteiger charge is 2.04. The molecule has 0 aromatic heterocycles. The molecule has 0 unspecified atom stereocenters. The molecule has 0 saturated carbocycles. The highest BCUT2D eigenvalue weighted by atomic mass is 32.2. The van der Waals surface area contributed by atoms with Crippen LogP contribution < -0.4 is 5.73 Å². The summed E-state index contributed by atoms with van der Waals surface area (Å²) in [6, 6.07) is 5.88. The number of oxime groups is 1. The molecule has 0 radical (unpaired) electrons. The van der Waals surface area contributed by atoms with E-state index < -0.39 is 0 Å². The van der Waals surface area contributed by atoms with Crippen molar-refractivity contribution in [3.63, 3.8) is 0 Å². The lowest BCUT2D eigenvalue weighted by Crippen LogP contribution is -2.13. The summed E-state index contributed by atoms with van der Waals surface area (Å²) < 4.78 is 0. The predicted octanol–water partition coefficient (Wildman–Crippen LogP) is 2.73. The maximum absolute atomic E-state index is 8.58. The summed E-state index contributed by atoms with van der Waals surface area (Å²) in [4.78, 5) is 0. The molecule has 1 aromatic carbocycles. The number of hydrogen-bond acceptors (Lipinski definition) is 3. The molecule has 3 N–H and O–H groups in total. The van der Waals surface area contributed by atoms with Gasteiger partial charge in [-0.1, -0.05) is 31.1 Å². The number of aryl methyl sites for hydroxylation is 1. The number of amidine groups is 1. The van der Waals surface area contributed by atoms with Crippen molar-refractivity contribution in [2.75, 3.05) is 0 Å². The average molecular weight is 238 g/mol. The van der Waals surface area contributed by atoms with Crippen LogP contribution in [0, 0.1) is 6.92 Å². The predicted molar refractivity (Wildman–Crippen MR) is 70.1 cm³/mol. The van der Waals surface area contributed by atoms with Crippen LogP contribution in [-0.4, -0.2) is 16.3 Å². The number of rotatable bonds is 4. The van der Waals surface area contributed by atoms with Gasteiger partial charge in [-0.15, -0.1) is 0 Å². The van der Waals surface area contributed by atoms with E-state index in [1.165, 1.54) is 11.1 Å². The first-order valence-corrected chi connectivity index (χ1v) is 6.28. The van der Waals surface area contributed by atoms with Gasteiger partial charge in [-0.25, -0.2) is 0 Å². The Kier molecular flexibility index (Phi) is 4.68. The number of nitrogens with two attached hydrogens (primary N) is 1. The minimum absolute atomic E-state index is 0.158. The van der Waals surface area contributed by atoms with E-state index in [0.29, 0.717) is 5.25 Å². The first-order valence-electron chi connectivity index (χ1n) is 5.23. The summed E-state index contributed by atoms with van der Waals surface area (Å²) >= 11 is 1.91. The van der Waals surface area contributed by atoms with Crippen molar-refractivity contribution >= 4 is 17.6 Å². The van der Waals surface area contributed by atoms with Gasteiger partial charge in [0.1, 0.15) is 0 Å². The van der Waals surface area contributed by atoms with E-state index in [2.05, 4.69) is 19.0 Å². The largest absolute Gasteiger partial charge is 0.409 e. The molecular formula is C12H18N2OS. The number of hydrogen-bond donors (Lipinski definition) is 2. The first-order chi connectivity index (χ1) is 7.54. The fraction of sp³-hybridized carbons (Fsp3) is 0.417. The molecule has 0 aliphatic heterocycles. The zero-order valence-electron chi connectivity index (χ0n) is 9.90. The van der Waals surface area contributed by atoms with Crippen molar-refractivity contribution in [2.45, 2.75) is 31.8 Å². The molecule has 0 bridgehead atoms. The van der Waals surface area contributed by atoms with Gasteiger partial charge in [0.05, 0.1) is 0 Å². The van der Waals surface area contributed by atoms with Gasteiger partial charge in [0, 0.05) is 11.3 Å². The van der Waals surface area contributed by atoms with Crippen LogP contribution in [0.4, 0.5) is 0 Å². The summed E-state index contributed by atoms with van der Waals surface area (Å²) in [6.07, 6.45) is 0. The molecule has 0 heterocycles. The van der Waals surface area contributed by atoms with Crippen molar-refractivity contribution in [1.29, 1.82) is 0 Å².